The Balaban J connectivity index is 2.10. The molecule has 0 aromatic carbocycles. The van der Waals surface area contributed by atoms with Crippen LogP contribution in [0.25, 0.3) is 0 Å². The third-order valence-corrected chi connectivity index (χ3v) is 5.16. The number of nitrogens with zero attached hydrogens (tertiary/aromatic N) is 2. The van der Waals surface area contributed by atoms with Crippen LogP contribution in [-0.4, -0.2) is 19.1 Å². The smallest absolute Gasteiger partial charge is 0.218 e. The van der Waals surface area contributed by atoms with E-state index >= 15 is 0 Å². The van der Waals surface area contributed by atoms with Crippen LogP contribution in [0.3, 0.4) is 0 Å². The Kier molecular flexibility index (Phi) is 5.01. The number of sulfonamides is 1. The van der Waals surface area contributed by atoms with Gasteiger partial charge in [-0.05, 0) is 19.8 Å². The minimum absolute atomic E-state index is 0.256. The second-order valence-electron chi connectivity index (χ2n) is 5.75. The minimum atomic E-state index is -3.61. The summed E-state index contributed by atoms with van der Waals surface area (Å²) < 4.78 is 32.1. The minimum Gasteiger partial charge on any atom is -0.361 e. The van der Waals surface area contributed by atoms with Gasteiger partial charge in [-0.3, -0.25) is 0 Å². The zero-order valence-corrected chi connectivity index (χ0v) is 13.1. The molecular formula is C14H21N3O3S. The van der Waals surface area contributed by atoms with Gasteiger partial charge in [-0.1, -0.05) is 37.3 Å². The van der Waals surface area contributed by atoms with Crippen molar-refractivity contribution in [3.05, 3.63) is 17.5 Å². The Morgan fingerprint density at radius 2 is 1.95 bits per heavy atom. The van der Waals surface area contributed by atoms with Crippen LogP contribution in [0.1, 0.15) is 56.4 Å². The van der Waals surface area contributed by atoms with Gasteiger partial charge in [0, 0.05) is 6.07 Å². The van der Waals surface area contributed by atoms with Gasteiger partial charge in [0.1, 0.15) is 22.7 Å². The summed E-state index contributed by atoms with van der Waals surface area (Å²) in [6, 6.07) is 3.79. The number of hydrogen-bond acceptors (Lipinski definition) is 5. The molecule has 0 bridgehead atoms. The predicted molar refractivity (Wildman–Crippen MR) is 77.7 cm³/mol. The molecule has 116 valence electrons. The second-order valence-corrected chi connectivity index (χ2v) is 7.47. The lowest BCUT2D eigenvalue weighted by atomic mass is 9.86. The molecule has 0 aliphatic heterocycles. The maximum absolute atomic E-state index is 12.3. The Morgan fingerprint density at radius 1 is 1.33 bits per heavy atom. The molecule has 0 amide bonds. The van der Waals surface area contributed by atoms with Crippen molar-refractivity contribution >= 4 is 10.0 Å². The summed E-state index contributed by atoms with van der Waals surface area (Å²) in [5.41, 5.74) is -0.614. The predicted octanol–water partition coefficient (Wildman–Crippen LogP) is 2.41. The molecule has 1 N–H and O–H groups in total. The molecule has 6 nitrogen and oxygen atoms in total. The summed E-state index contributed by atoms with van der Waals surface area (Å²) in [4.78, 5) is 0. The summed E-state index contributed by atoms with van der Waals surface area (Å²) in [6.45, 7) is 1.71. The summed E-state index contributed by atoms with van der Waals surface area (Å²) in [5.74, 6) is 0.314. The van der Waals surface area contributed by atoms with Gasteiger partial charge in [0.2, 0.25) is 10.0 Å². The molecule has 21 heavy (non-hydrogen) atoms. The number of aromatic nitrogens is 1. The van der Waals surface area contributed by atoms with Crippen molar-refractivity contribution in [3.8, 4) is 6.07 Å². The van der Waals surface area contributed by atoms with Crippen molar-refractivity contribution in [3.63, 3.8) is 0 Å². The molecular weight excluding hydrogens is 290 g/mol. The van der Waals surface area contributed by atoms with E-state index in [9.17, 15) is 13.7 Å². The third-order valence-electron chi connectivity index (χ3n) is 3.79. The van der Waals surface area contributed by atoms with E-state index in [4.69, 9.17) is 4.52 Å². The van der Waals surface area contributed by atoms with Crippen LogP contribution in [-0.2, 0) is 15.8 Å². The van der Waals surface area contributed by atoms with E-state index in [2.05, 4.69) is 15.9 Å². The zero-order valence-electron chi connectivity index (χ0n) is 12.3. The van der Waals surface area contributed by atoms with Gasteiger partial charge < -0.3 is 4.52 Å². The quantitative estimate of drug-likeness (QED) is 0.921. The Hall–Kier alpha value is -1.39. The third kappa shape index (κ3) is 4.55. The van der Waals surface area contributed by atoms with Gasteiger partial charge in [0.25, 0.3) is 0 Å². The molecule has 1 aliphatic rings. The van der Waals surface area contributed by atoms with Crippen LogP contribution in [0.4, 0.5) is 0 Å². The van der Waals surface area contributed by atoms with Gasteiger partial charge in [0.15, 0.2) is 0 Å². The largest absolute Gasteiger partial charge is 0.361 e. The second kappa shape index (κ2) is 6.58. The molecule has 1 saturated carbocycles. The Labute approximate surface area is 125 Å². The summed E-state index contributed by atoms with van der Waals surface area (Å²) >= 11 is 0. The van der Waals surface area contributed by atoms with Crippen LogP contribution < -0.4 is 4.72 Å². The number of nitrogens with one attached hydrogen (secondary N) is 1. The maximum Gasteiger partial charge on any atom is 0.218 e. The van der Waals surface area contributed by atoms with Crippen LogP contribution in [0, 0.1) is 18.3 Å². The van der Waals surface area contributed by atoms with E-state index in [0.29, 0.717) is 24.3 Å². The van der Waals surface area contributed by atoms with Gasteiger partial charge >= 0.3 is 0 Å². The van der Waals surface area contributed by atoms with E-state index in [1.165, 1.54) is 0 Å². The van der Waals surface area contributed by atoms with E-state index in [0.717, 1.165) is 32.1 Å². The van der Waals surface area contributed by atoms with Crippen molar-refractivity contribution in [2.75, 3.05) is 0 Å². The fraction of sp³-hybridized carbons (Fsp3) is 0.714. The lowest BCUT2D eigenvalue weighted by Gasteiger charge is -2.29. The number of nitriles is 1. The maximum atomic E-state index is 12.3. The normalized spacial score (nSPS) is 19.4. The van der Waals surface area contributed by atoms with Crippen LogP contribution in [0.5, 0.6) is 0 Å². The van der Waals surface area contributed by atoms with Crippen molar-refractivity contribution in [1.29, 1.82) is 5.26 Å². The zero-order chi connectivity index (χ0) is 15.3. The molecule has 0 unspecified atom stereocenters. The Bertz CT molecular complexity index is 608. The molecule has 0 radical (unpaired) electrons. The topological polar surface area (TPSA) is 96.0 Å². The van der Waals surface area contributed by atoms with Crippen molar-refractivity contribution in [2.45, 2.75) is 63.2 Å². The van der Waals surface area contributed by atoms with Gasteiger partial charge in [-0.15, -0.1) is 0 Å². The number of hydrogen-bond donors (Lipinski definition) is 1. The highest BCUT2D eigenvalue weighted by molar-refractivity contribution is 7.88. The molecule has 1 heterocycles. The number of aryl methyl sites for hydroxylation is 1. The Morgan fingerprint density at radius 3 is 2.48 bits per heavy atom. The van der Waals surface area contributed by atoms with Crippen molar-refractivity contribution < 1.29 is 12.9 Å². The fourth-order valence-electron chi connectivity index (χ4n) is 2.76. The summed E-state index contributed by atoms with van der Waals surface area (Å²) in [5, 5.41) is 13.2. The van der Waals surface area contributed by atoms with Gasteiger partial charge in [0.05, 0.1) is 6.07 Å². The van der Waals surface area contributed by atoms with Crippen molar-refractivity contribution in [1.82, 2.24) is 9.88 Å². The van der Waals surface area contributed by atoms with Crippen LogP contribution in [0.15, 0.2) is 10.6 Å². The molecule has 2 rings (SSSR count). The highest BCUT2D eigenvalue weighted by Gasteiger charge is 2.35. The average molecular weight is 311 g/mol. The van der Waals surface area contributed by atoms with Gasteiger partial charge in [-0.2, -0.15) is 9.98 Å². The molecule has 0 saturated heterocycles. The molecule has 7 heteroatoms. The first-order valence-electron chi connectivity index (χ1n) is 7.30. The monoisotopic (exact) mass is 311 g/mol. The van der Waals surface area contributed by atoms with E-state index in [-0.39, 0.29) is 5.75 Å². The highest BCUT2D eigenvalue weighted by atomic mass is 32.2. The lowest BCUT2D eigenvalue weighted by molar-refractivity contribution is 0.356. The van der Waals surface area contributed by atoms with Crippen LogP contribution in [0.2, 0.25) is 0 Å². The van der Waals surface area contributed by atoms with E-state index in [1.807, 2.05) is 0 Å². The standard InChI is InChI=1S/C14H21N3O3S/c1-12-9-13(16-20-12)10-21(18,19)17-14(11-15)7-5-3-2-4-6-8-14/h9,17H,2-8,10H2,1H3. The SMILES string of the molecule is Cc1cc(CS(=O)(=O)NC2(C#N)CCCCCCC2)no1. The first-order valence-corrected chi connectivity index (χ1v) is 8.95. The number of rotatable bonds is 4. The van der Waals surface area contributed by atoms with Crippen LogP contribution >= 0.6 is 0 Å². The molecule has 0 atom stereocenters. The van der Waals surface area contributed by atoms with E-state index < -0.39 is 15.6 Å². The molecule has 0 spiro atoms. The lowest BCUT2D eigenvalue weighted by Crippen LogP contribution is -2.48. The van der Waals surface area contributed by atoms with Crippen molar-refractivity contribution in [2.24, 2.45) is 0 Å². The molecule has 1 aromatic heterocycles. The molecule has 1 aromatic rings. The first-order chi connectivity index (χ1) is 9.95. The molecule has 1 aliphatic carbocycles. The molecule has 1 fully saturated rings. The highest BCUT2D eigenvalue weighted by Crippen LogP contribution is 2.27. The first kappa shape index (κ1) is 16.0. The van der Waals surface area contributed by atoms with Gasteiger partial charge in [-0.25, -0.2) is 8.42 Å². The summed E-state index contributed by atoms with van der Waals surface area (Å²) in [6.07, 6.45) is 6.15. The fourth-order valence-corrected chi connectivity index (χ4v) is 4.20. The summed E-state index contributed by atoms with van der Waals surface area (Å²) in [7, 11) is -3.61. The average Bonchev–Trinajstić information content (AvgIpc) is 2.77. The van der Waals surface area contributed by atoms with E-state index in [1.54, 1.807) is 13.0 Å².